The Hall–Kier alpha value is -3.50. The molecule has 1 heterocycles. The van der Waals surface area contributed by atoms with Gasteiger partial charge >= 0.3 is 6.03 Å². The molecule has 2 N–H and O–H groups in total. The number of amides is 2. The molecular formula is C32H32ClN3O. The van der Waals surface area contributed by atoms with Gasteiger partial charge in [-0.05, 0) is 47.2 Å². The molecule has 0 spiro atoms. The zero-order valence-electron chi connectivity index (χ0n) is 21.0. The monoisotopic (exact) mass is 509 g/mol. The van der Waals surface area contributed by atoms with Crippen LogP contribution in [0.25, 0.3) is 32.4 Å². The van der Waals surface area contributed by atoms with Crippen LogP contribution in [0.5, 0.6) is 0 Å². The summed E-state index contributed by atoms with van der Waals surface area (Å²) in [6.45, 7) is 1.16. The number of nitrogens with one attached hydrogen (secondary N) is 2. The Morgan fingerprint density at radius 1 is 0.838 bits per heavy atom. The number of aromatic nitrogens is 1. The number of urea groups is 1. The molecule has 2 amide bonds. The van der Waals surface area contributed by atoms with Gasteiger partial charge in [-0.15, -0.1) is 0 Å². The summed E-state index contributed by atoms with van der Waals surface area (Å²) >= 11 is 6.86. The number of rotatable bonds is 6. The Morgan fingerprint density at radius 2 is 1.43 bits per heavy atom. The number of benzene rings is 4. The number of para-hydroxylation sites is 1. The van der Waals surface area contributed by atoms with E-state index in [1.54, 1.807) is 0 Å². The van der Waals surface area contributed by atoms with Gasteiger partial charge in [0.15, 0.2) is 0 Å². The van der Waals surface area contributed by atoms with Gasteiger partial charge in [-0.25, -0.2) is 4.79 Å². The van der Waals surface area contributed by atoms with Crippen LogP contribution in [0.4, 0.5) is 4.79 Å². The number of aromatic amines is 1. The lowest BCUT2D eigenvalue weighted by atomic mass is 9.95. The van der Waals surface area contributed by atoms with Gasteiger partial charge in [0.25, 0.3) is 0 Å². The highest BCUT2D eigenvalue weighted by atomic mass is 35.5. The molecule has 5 heteroatoms. The quantitative estimate of drug-likeness (QED) is 0.222. The van der Waals surface area contributed by atoms with Crippen LogP contribution in [0.1, 0.15) is 43.2 Å². The number of carbonyl (C=O) groups excluding carboxylic acids is 1. The van der Waals surface area contributed by atoms with Crippen LogP contribution in [0.3, 0.4) is 0 Å². The van der Waals surface area contributed by atoms with Crippen molar-refractivity contribution in [2.45, 2.75) is 51.1 Å². The average molecular weight is 510 g/mol. The number of halogens is 1. The molecule has 4 aromatic carbocycles. The van der Waals surface area contributed by atoms with Crippen molar-refractivity contribution < 1.29 is 4.79 Å². The summed E-state index contributed by atoms with van der Waals surface area (Å²) in [7, 11) is 0. The minimum Gasteiger partial charge on any atom is -0.361 e. The van der Waals surface area contributed by atoms with E-state index in [1.807, 2.05) is 23.1 Å². The normalized spacial score (nSPS) is 14.4. The molecule has 0 radical (unpaired) electrons. The zero-order valence-corrected chi connectivity index (χ0v) is 21.7. The van der Waals surface area contributed by atoms with Crippen LogP contribution in [0, 0.1) is 0 Å². The summed E-state index contributed by atoms with van der Waals surface area (Å²) in [4.78, 5) is 19.1. The molecule has 0 atom stereocenters. The van der Waals surface area contributed by atoms with Crippen molar-refractivity contribution in [2.24, 2.45) is 0 Å². The number of hydrogen-bond acceptors (Lipinski definition) is 1. The molecule has 1 aromatic heterocycles. The van der Waals surface area contributed by atoms with Gasteiger partial charge in [0.05, 0.1) is 5.02 Å². The third-order valence-corrected chi connectivity index (χ3v) is 8.28. The first-order valence-electron chi connectivity index (χ1n) is 13.4. The highest BCUT2D eigenvalue weighted by Crippen LogP contribution is 2.37. The minimum atomic E-state index is 0.0230. The third-order valence-electron chi connectivity index (χ3n) is 7.87. The molecule has 6 rings (SSSR count). The Labute approximate surface area is 222 Å². The maximum atomic E-state index is 13.8. The predicted octanol–water partition coefficient (Wildman–Crippen LogP) is 8.21. The lowest BCUT2D eigenvalue weighted by molar-refractivity contribution is 0.188. The fraction of sp³-hybridized carbons (Fsp3) is 0.281. The second kappa shape index (κ2) is 10.5. The van der Waals surface area contributed by atoms with E-state index in [1.165, 1.54) is 30.2 Å². The van der Waals surface area contributed by atoms with Crippen molar-refractivity contribution in [3.8, 4) is 0 Å². The molecular weight excluding hydrogens is 478 g/mol. The number of nitrogens with zero attached hydrogens (tertiary/aromatic N) is 1. The van der Waals surface area contributed by atoms with Gasteiger partial charge in [-0.2, -0.15) is 0 Å². The first-order valence-corrected chi connectivity index (χ1v) is 13.7. The van der Waals surface area contributed by atoms with Gasteiger partial charge in [-0.3, -0.25) is 0 Å². The molecule has 5 aromatic rings. The molecule has 188 valence electrons. The molecule has 0 unspecified atom stereocenters. The van der Waals surface area contributed by atoms with Crippen LogP contribution >= 0.6 is 11.6 Å². The maximum Gasteiger partial charge on any atom is 0.317 e. The summed E-state index contributed by atoms with van der Waals surface area (Å²) in [5, 5.41) is 9.63. The smallest absolute Gasteiger partial charge is 0.317 e. The van der Waals surface area contributed by atoms with Gasteiger partial charge in [-0.1, -0.05) is 97.6 Å². The van der Waals surface area contributed by atoms with Crippen LogP contribution < -0.4 is 5.32 Å². The van der Waals surface area contributed by atoms with Crippen LogP contribution in [0.2, 0.25) is 5.02 Å². The molecule has 4 nitrogen and oxygen atoms in total. The van der Waals surface area contributed by atoms with Gasteiger partial charge < -0.3 is 15.2 Å². The largest absolute Gasteiger partial charge is 0.361 e. The van der Waals surface area contributed by atoms with E-state index in [0.717, 1.165) is 56.9 Å². The SMILES string of the molecule is O=C(NC1CCCCC1)N(CCc1c[nH]c2ccccc12)Cc1c2ccccc2c(Cl)c2ccccc12. The van der Waals surface area contributed by atoms with E-state index in [9.17, 15) is 4.79 Å². The molecule has 1 saturated carbocycles. The highest BCUT2D eigenvalue weighted by molar-refractivity contribution is 6.41. The maximum absolute atomic E-state index is 13.8. The lowest BCUT2D eigenvalue weighted by Crippen LogP contribution is -2.45. The summed E-state index contributed by atoms with van der Waals surface area (Å²) < 4.78 is 0. The van der Waals surface area contributed by atoms with Crippen molar-refractivity contribution in [3.05, 3.63) is 95.1 Å². The van der Waals surface area contributed by atoms with Crippen LogP contribution in [-0.4, -0.2) is 28.5 Å². The van der Waals surface area contributed by atoms with Crippen molar-refractivity contribution in [2.75, 3.05) is 6.54 Å². The fourth-order valence-electron chi connectivity index (χ4n) is 5.89. The van der Waals surface area contributed by atoms with Crippen LogP contribution in [-0.2, 0) is 13.0 Å². The lowest BCUT2D eigenvalue weighted by Gasteiger charge is -2.29. The molecule has 0 saturated heterocycles. The Kier molecular flexibility index (Phi) is 6.75. The van der Waals surface area contributed by atoms with Gasteiger partial charge in [0, 0.05) is 47.0 Å². The Balaban J connectivity index is 1.36. The van der Waals surface area contributed by atoms with E-state index in [4.69, 9.17) is 11.6 Å². The average Bonchev–Trinajstić information content (AvgIpc) is 3.36. The zero-order chi connectivity index (χ0) is 25.2. The number of H-pyrrole nitrogens is 1. The molecule has 1 aliphatic carbocycles. The van der Waals surface area contributed by atoms with E-state index in [-0.39, 0.29) is 12.1 Å². The summed E-state index contributed by atoms with van der Waals surface area (Å²) in [5.41, 5.74) is 3.51. The standard InChI is InChI=1S/C32H32ClN3O/c33-31-27-15-6-4-13-25(27)29(26-14-5-7-16-28(26)31)21-36(32(37)35-23-10-2-1-3-11-23)19-18-22-20-34-30-17-9-8-12-24(22)30/h4-9,12-17,20,23,34H,1-3,10-11,18-19,21H2,(H,35,37). The third kappa shape index (κ3) is 4.78. The predicted molar refractivity (Wildman–Crippen MR) is 154 cm³/mol. The first kappa shape index (κ1) is 23.9. The van der Waals surface area contributed by atoms with Crippen molar-refractivity contribution in [1.29, 1.82) is 0 Å². The second-order valence-electron chi connectivity index (χ2n) is 10.2. The van der Waals surface area contributed by atoms with E-state index in [0.29, 0.717) is 13.1 Å². The van der Waals surface area contributed by atoms with E-state index < -0.39 is 0 Å². The molecule has 1 fully saturated rings. The Bertz CT molecular complexity index is 1510. The van der Waals surface area contributed by atoms with Gasteiger partial charge in [0.2, 0.25) is 0 Å². The van der Waals surface area contributed by atoms with Gasteiger partial charge in [0.1, 0.15) is 0 Å². The second-order valence-corrected chi connectivity index (χ2v) is 10.6. The number of fused-ring (bicyclic) bond motifs is 3. The van der Waals surface area contributed by atoms with E-state index >= 15 is 0 Å². The van der Waals surface area contributed by atoms with Crippen molar-refractivity contribution in [1.82, 2.24) is 15.2 Å². The molecule has 1 aliphatic rings. The minimum absolute atomic E-state index is 0.0230. The topological polar surface area (TPSA) is 48.1 Å². The summed E-state index contributed by atoms with van der Waals surface area (Å²) in [6.07, 6.45) is 8.63. The molecule has 37 heavy (non-hydrogen) atoms. The number of carbonyl (C=O) groups is 1. The summed E-state index contributed by atoms with van der Waals surface area (Å²) in [6, 6.07) is 25.2. The summed E-state index contributed by atoms with van der Waals surface area (Å²) in [5.74, 6) is 0. The fourth-order valence-corrected chi connectivity index (χ4v) is 6.22. The van der Waals surface area contributed by atoms with Crippen molar-refractivity contribution in [3.63, 3.8) is 0 Å². The molecule has 0 aliphatic heterocycles. The first-order chi connectivity index (χ1) is 18.2. The highest BCUT2D eigenvalue weighted by Gasteiger charge is 2.23. The molecule has 0 bridgehead atoms. The Morgan fingerprint density at radius 3 is 2.11 bits per heavy atom. The van der Waals surface area contributed by atoms with E-state index in [2.05, 4.69) is 71.1 Å². The number of hydrogen-bond donors (Lipinski definition) is 2. The van der Waals surface area contributed by atoms with Crippen LogP contribution in [0.15, 0.2) is 79.0 Å². The van der Waals surface area contributed by atoms with Crippen molar-refractivity contribution >= 4 is 50.1 Å².